The quantitative estimate of drug-likeness (QED) is 0.643. The molecule has 0 aliphatic carbocycles. The predicted octanol–water partition coefficient (Wildman–Crippen LogP) is -0.179. The molecule has 9 nitrogen and oxygen atoms in total. The molecule has 2 heterocycles. The van der Waals surface area contributed by atoms with Gasteiger partial charge in [0.05, 0.1) is 19.8 Å². The van der Waals surface area contributed by atoms with Gasteiger partial charge < -0.3 is 14.6 Å². The number of aliphatic hydroxyl groups is 1. The molecule has 9 heteroatoms. The van der Waals surface area contributed by atoms with Gasteiger partial charge in [-0.05, 0) is 18.9 Å². The zero-order chi connectivity index (χ0) is 21.0. The van der Waals surface area contributed by atoms with Crippen LogP contribution in [0, 0.1) is 6.92 Å². The number of carbonyl (C=O) groups is 1. The Morgan fingerprint density at radius 3 is 2.69 bits per heavy atom. The van der Waals surface area contributed by atoms with Crippen molar-refractivity contribution in [3.63, 3.8) is 0 Å². The summed E-state index contributed by atoms with van der Waals surface area (Å²) in [5, 5.41) is 9.70. The van der Waals surface area contributed by atoms with Crippen LogP contribution in [0.25, 0.3) is 0 Å². The number of morpholine rings is 1. The van der Waals surface area contributed by atoms with Gasteiger partial charge in [0.1, 0.15) is 6.04 Å². The lowest BCUT2D eigenvalue weighted by atomic mass is 10.0. The molecule has 3 atom stereocenters. The van der Waals surface area contributed by atoms with Crippen molar-refractivity contribution >= 4 is 5.97 Å². The highest BCUT2D eigenvalue weighted by molar-refractivity contribution is 5.76. The van der Waals surface area contributed by atoms with Gasteiger partial charge in [0.15, 0.2) is 6.23 Å². The number of aromatic nitrogens is 2. The van der Waals surface area contributed by atoms with Crippen molar-refractivity contribution in [3.8, 4) is 0 Å². The normalized spacial score (nSPS) is 20.9. The summed E-state index contributed by atoms with van der Waals surface area (Å²) in [6.07, 6.45) is 0.467. The molecular formula is C20H25N3O6. The largest absolute Gasteiger partial charge is 0.468 e. The van der Waals surface area contributed by atoms with Gasteiger partial charge in [-0.15, -0.1) is 0 Å². The standard InChI is InChI=1S/C20H25N3O6/c1-13-9-23(20(27)21-18(13)25)17-11-22(10-15(12-24)29-17)16(19(26)28-2)8-14-6-4-3-5-7-14/h3-7,9,15-17,24H,8,10-12H2,1-2H3,(H,21,25,27). The van der Waals surface area contributed by atoms with Crippen molar-refractivity contribution in [2.75, 3.05) is 26.8 Å². The molecular weight excluding hydrogens is 378 g/mol. The second-order valence-corrected chi connectivity index (χ2v) is 7.06. The smallest absolute Gasteiger partial charge is 0.330 e. The lowest BCUT2D eigenvalue weighted by Crippen LogP contribution is -2.55. The molecule has 29 heavy (non-hydrogen) atoms. The second-order valence-electron chi connectivity index (χ2n) is 7.06. The molecule has 156 valence electrons. The Kier molecular flexibility index (Phi) is 6.63. The number of hydrogen-bond donors (Lipinski definition) is 2. The van der Waals surface area contributed by atoms with E-state index in [2.05, 4.69) is 4.98 Å². The number of benzene rings is 1. The highest BCUT2D eigenvalue weighted by Crippen LogP contribution is 2.23. The summed E-state index contributed by atoms with van der Waals surface area (Å²) in [6, 6.07) is 8.92. The Morgan fingerprint density at radius 1 is 1.31 bits per heavy atom. The number of esters is 1. The number of methoxy groups -OCH3 is 1. The molecule has 0 radical (unpaired) electrons. The van der Waals surface area contributed by atoms with E-state index in [-0.39, 0.29) is 13.2 Å². The summed E-state index contributed by atoms with van der Waals surface area (Å²) < 4.78 is 12.1. The Labute approximate surface area is 167 Å². The molecule has 1 aromatic heterocycles. The van der Waals surface area contributed by atoms with Crippen LogP contribution in [-0.4, -0.2) is 64.5 Å². The molecule has 0 saturated carbocycles. The lowest BCUT2D eigenvalue weighted by Gasteiger charge is -2.41. The topological polar surface area (TPSA) is 114 Å². The van der Waals surface area contributed by atoms with Crippen molar-refractivity contribution in [2.24, 2.45) is 0 Å². The van der Waals surface area contributed by atoms with E-state index >= 15 is 0 Å². The highest BCUT2D eigenvalue weighted by Gasteiger charge is 2.36. The summed E-state index contributed by atoms with van der Waals surface area (Å²) in [7, 11) is 1.33. The monoisotopic (exact) mass is 403 g/mol. The summed E-state index contributed by atoms with van der Waals surface area (Å²) >= 11 is 0. The Balaban J connectivity index is 1.92. The van der Waals surface area contributed by atoms with Crippen LogP contribution in [0.15, 0.2) is 46.1 Å². The Hall–Kier alpha value is -2.75. The van der Waals surface area contributed by atoms with Gasteiger partial charge in [0.25, 0.3) is 5.56 Å². The molecule has 0 amide bonds. The number of carbonyl (C=O) groups excluding carboxylic acids is 1. The first-order valence-corrected chi connectivity index (χ1v) is 9.37. The minimum atomic E-state index is -0.771. The molecule has 1 aliphatic heterocycles. The van der Waals surface area contributed by atoms with Crippen molar-refractivity contribution in [3.05, 3.63) is 68.5 Å². The van der Waals surface area contributed by atoms with Crippen LogP contribution in [0.4, 0.5) is 0 Å². The summed E-state index contributed by atoms with van der Waals surface area (Å²) in [5.41, 5.74) is 0.249. The van der Waals surface area contributed by atoms with E-state index < -0.39 is 35.6 Å². The van der Waals surface area contributed by atoms with Crippen molar-refractivity contribution in [2.45, 2.75) is 31.7 Å². The predicted molar refractivity (Wildman–Crippen MR) is 105 cm³/mol. The summed E-state index contributed by atoms with van der Waals surface area (Å²) in [4.78, 5) is 40.6. The first-order chi connectivity index (χ1) is 13.9. The number of H-pyrrole nitrogens is 1. The molecule has 1 aliphatic rings. The van der Waals surface area contributed by atoms with E-state index in [9.17, 15) is 19.5 Å². The highest BCUT2D eigenvalue weighted by atomic mass is 16.5. The third kappa shape index (κ3) is 4.81. The van der Waals surface area contributed by atoms with Crippen LogP contribution in [0.5, 0.6) is 0 Å². The number of aryl methyl sites for hydroxylation is 1. The number of rotatable bonds is 6. The van der Waals surface area contributed by atoms with Gasteiger partial charge in [0.2, 0.25) is 0 Å². The van der Waals surface area contributed by atoms with Gasteiger partial charge in [-0.2, -0.15) is 0 Å². The maximum absolute atomic E-state index is 12.5. The van der Waals surface area contributed by atoms with E-state index in [0.717, 1.165) is 5.56 Å². The summed E-state index contributed by atoms with van der Waals surface area (Å²) in [6.45, 7) is 1.83. The number of aromatic amines is 1. The van der Waals surface area contributed by atoms with Crippen LogP contribution < -0.4 is 11.2 Å². The molecule has 1 fully saturated rings. The molecule has 2 aromatic rings. The number of nitrogens with one attached hydrogen (secondary N) is 1. The molecule has 1 saturated heterocycles. The van der Waals surface area contributed by atoms with Crippen LogP contribution in [0.2, 0.25) is 0 Å². The van der Waals surface area contributed by atoms with E-state index in [0.29, 0.717) is 18.5 Å². The van der Waals surface area contributed by atoms with Crippen molar-refractivity contribution < 1.29 is 19.4 Å². The fourth-order valence-electron chi connectivity index (χ4n) is 3.49. The zero-order valence-electron chi connectivity index (χ0n) is 16.4. The van der Waals surface area contributed by atoms with Gasteiger partial charge in [0, 0.05) is 24.8 Å². The molecule has 3 unspecified atom stereocenters. The van der Waals surface area contributed by atoms with Gasteiger partial charge in [-0.3, -0.25) is 24.0 Å². The second kappa shape index (κ2) is 9.17. The van der Waals surface area contributed by atoms with Gasteiger partial charge in [-0.1, -0.05) is 30.3 Å². The van der Waals surface area contributed by atoms with E-state index in [1.165, 1.54) is 17.9 Å². The molecule has 1 aromatic carbocycles. The summed E-state index contributed by atoms with van der Waals surface area (Å²) in [5.74, 6) is -0.406. The fraction of sp³-hybridized carbons (Fsp3) is 0.450. The number of aliphatic hydroxyl groups excluding tert-OH is 1. The average Bonchev–Trinajstić information content (AvgIpc) is 2.74. The fourth-order valence-corrected chi connectivity index (χ4v) is 3.49. The van der Waals surface area contributed by atoms with Gasteiger partial charge >= 0.3 is 11.7 Å². The molecule has 0 spiro atoms. The zero-order valence-corrected chi connectivity index (χ0v) is 16.4. The van der Waals surface area contributed by atoms with Crippen molar-refractivity contribution in [1.82, 2.24) is 14.5 Å². The minimum Gasteiger partial charge on any atom is -0.468 e. The molecule has 2 N–H and O–H groups in total. The van der Waals surface area contributed by atoms with Crippen LogP contribution in [-0.2, 0) is 20.7 Å². The average molecular weight is 403 g/mol. The van der Waals surface area contributed by atoms with E-state index in [4.69, 9.17) is 9.47 Å². The molecule has 3 rings (SSSR count). The van der Waals surface area contributed by atoms with Crippen LogP contribution in [0.1, 0.15) is 17.4 Å². The third-order valence-corrected chi connectivity index (χ3v) is 5.02. The van der Waals surface area contributed by atoms with Gasteiger partial charge in [-0.25, -0.2) is 4.79 Å². The van der Waals surface area contributed by atoms with E-state index in [1.807, 2.05) is 35.2 Å². The molecule has 0 bridgehead atoms. The number of hydrogen-bond acceptors (Lipinski definition) is 7. The lowest BCUT2D eigenvalue weighted by molar-refractivity contribution is -0.164. The van der Waals surface area contributed by atoms with Crippen LogP contribution in [0.3, 0.4) is 0 Å². The number of nitrogens with zero attached hydrogens (tertiary/aromatic N) is 2. The van der Waals surface area contributed by atoms with Crippen LogP contribution >= 0.6 is 0 Å². The maximum Gasteiger partial charge on any atom is 0.330 e. The minimum absolute atomic E-state index is 0.217. The van der Waals surface area contributed by atoms with Crippen molar-refractivity contribution in [1.29, 1.82) is 0 Å². The maximum atomic E-state index is 12.5. The first kappa shape index (κ1) is 21.0. The Bertz CT molecular complexity index is 955. The SMILES string of the molecule is COC(=O)C(Cc1ccccc1)N1CC(CO)OC(n2cc(C)c(=O)[nH]c2=O)C1. The third-order valence-electron chi connectivity index (χ3n) is 5.02. The first-order valence-electron chi connectivity index (χ1n) is 9.37. The van der Waals surface area contributed by atoms with E-state index in [1.54, 1.807) is 6.92 Å². The number of ether oxygens (including phenoxy) is 2. The Morgan fingerprint density at radius 2 is 2.03 bits per heavy atom.